The number of carbonyl (C=O) groups excluding carboxylic acids is 4. The smallest absolute Gasteiger partial charge is 0.241 e. The molecular weight excluding hydrogens is 627 g/mol. The van der Waals surface area contributed by atoms with Crippen molar-refractivity contribution in [3.63, 3.8) is 0 Å². The molecule has 3 fully saturated rings. The number of allylic oxidation sites excluding steroid dienone is 2. The Labute approximate surface area is 275 Å². The summed E-state index contributed by atoms with van der Waals surface area (Å²) in [7, 11) is 1.47. The quantitative estimate of drug-likeness (QED) is 0.270. The number of aromatic hydroxyl groups is 2. The Balaban J connectivity index is 1.30. The summed E-state index contributed by atoms with van der Waals surface area (Å²) < 4.78 is 19.4. The minimum Gasteiger partial charge on any atom is -0.508 e. The molecule has 2 heterocycles. The van der Waals surface area contributed by atoms with Crippen LogP contribution in [0.2, 0.25) is 5.02 Å². The Hall–Kier alpha value is -4.70. The molecule has 1 saturated carbocycles. The molecule has 0 radical (unpaired) electrons. The molecule has 11 heteroatoms. The van der Waals surface area contributed by atoms with Crippen molar-refractivity contribution in [1.82, 2.24) is 4.90 Å². The molecule has 4 aliphatic rings. The molecule has 242 valence electrons. The highest BCUT2D eigenvalue weighted by Crippen LogP contribution is 2.64. The summed E-state index contributed by atoms with van der Waals surface area (Å²) in [6, 6.07) is 15.0. The summed E-state index contributed by atoms with van der Waals surface area (Å²) in [6.45, 7) is 1.87. The van der Waals surface area contributed by atoms with Crippen LogP contribution in [0, 0.1) is 34.9 Å². The van der Waals surface area contributed by atoms with Crippen LogP contribution in [0.5, 0.6) is 17.2 Å². The zero-order valence-electron chi connectivity index (χ0n) is 25.7. The number of amides is 4. The lowest BCUT2D eigenvalue weighted by Crippen LogP contribution is -2.48. The topological polar surface area (TPSA) is 124 Å². The summed E-state index contributed by atoms with van der Waals surface area (Å²) in [5.74, 6) is -5.60. The molecule has 6 atom stereocenters. The summed E-state index contributed by atoms with van der Waals surface area (Å²) in [6.07, 6.45) is 2.72. The first-order valence-electron chi connectivity index (χ1n) is 15.5. The molecule has 0 aromatic heterocycles. The molecule has 3 aromatic carbocycles. The number of nitrogens with zero attached hydrogens (tertiary/aromatic N) is 2. The van der Waals surface area contributed by atoms with Crippen LogP contribution in [0.1, 0.15) is 36.8 Å². The number of phenolic OH excluding ortho intramolecular Hbond substituents is 2. The fourth-order valence-corrected chi connectivity index (χ4v) is 8.49. The first-order valence-corrected chi connectivity index (χ1v) is 15.9. The highest BCUT2D eigenvalue weighted by Gasteiger charge is 2.67. The maximum absolute atomic E-state index is 14.5. The summed E-state index contributed by atoms with van der Waals surface area (Å²) in [5.41, 5.74) is 0.725. The lowest BCUT2D eigenvalue weighted by atomic mass is 9.51. The summed E-state index contributed by atoms with van der Waals surface area (Å²) in [5, 5.41) is 20.7. The number of anilines is 1. The third-order valence-corrected chi connectivity index (χ3v) is 10.9. The van der Waals surface area contributed by atoms with E-state index in [1.54, 1.807) is 43.3 Å². The highest BCUT2D eigenvalue weighted by molar-refractivity contribution is 6.31. The molecule has 0 spiro atoms. The molecule has 4 amide bonds. The van der Waals surface area contributed by atoms with Crippen molar-refractivity contribution in [2.24, 2.45) is 29.1 Å². The van der Waals surface area contributed by atoms with Crippen molar-refractivity contribution < 1.29 is 38.5 Å². The van der Waals surface area contributed by atoms with Gasteiger partial charge in [-0.2, -0.15) is 0 Å². The lowest BCUT2D eigenvalue weighted by molar-refractivity contribution is -0.140. The second-order valence-electron chi connectivity index (χ2n) is 12.9. The maximum atomic E-state index is 14.5. The van der Waals surface area contributed by atoms with Crippen molar-refractivity contribution in [3.8, 4) is 17.2 Å². The zero-order chi connectivity index (χ0) is 33.4. The van der Waals surface area contributed by atoms with Gasteiger partial charge in [-0.25, -0.2) is 9.29 Å². The number of halogens is 2. The van der Waals surface area contributed by atoms with Gasteiger partial charge in [-0.1, -0.05) is 41.4 Å². The third-order valence-electron chi connectivity index (χ3n) is 10.6. The second-order valence-corrected chi connectivity index (χ2v) is 13.3. The first-order chi connectivity index (χ1) is 22.4. The number of imide groups is 2. The van der Waals surface area contributed by atoms with Gasteiger partial charge in [-0.05, 0) is 74.1 Å². The van der Waals surface area contributed by atoms with Crippen molar-refractivity contribution in [2.45, 2.75) is 32.1 Å². The van der Waals surface area contributed by atoms with Crippen LogP contribution in [0.25, 0.3) is 0 Å². The fraction of sp³-hybridized carbons (Fsp3) is 0.333. The van der Waals surface area contributed by atoms with E-state index in [1.165, 1.54) is 30.2 Å². The standard InChI is InChI=1S/C36H32ClFN2O7/c1-36-26(33(44)40(35(36)46)19-5-12-28(38)27(37)15-19)17-25-22(31(36)23-9-8-21(47-2)16-29(23)42)10-11-24-30(25)34(45)39(32(24)43)14-13-18-3-6-20(41)7-4-18/h3-10,12,15-16,24-26,30-31,41-42H,11,13-14,17H2,1-2H3/t24-,25+,26-,30-,31+,36+/m0/s1. The van der Waals surface area contributed by atoms with Gasteiger partial charge in [0.15, 0.2) is 0 Å². The van der Waals surface area contributed by atoms with Crippen molar-refractivity contribution in [2.75, 3.05) is 18.6 Å². The van der Waals surface area contributed by atoms with Gasteiger partial charge in [0.1, 0.15) is 23.1 Å². The molecule has 3 aromatic rings. The van der Waals surface area contributed by atoms with E-state index >= 15 is 0 Å². The molecular formula is C36H32ClFN2O7. The van der Waals surface area contributed by atoms with E-state index in [2.05, 4.69) is 0 Å². The van der Waals surface area contributed by atoms with E-state index in [0.717, 1.165) is 22.1 Å². The SMILES string of the molecule is COc1ccc([C@H]2C3=CC[C@@H]4C(=O)N(CCc5ccc(O)cc5)C(=O)[C@@H]4[C@@H]3C[C@H]3C(=O)N(c4ccc(F)c(Cl)c4)C(=O)[C@@]23C)c(O)c1. The van der Waals surface area contributed by atoms with Gasteiger partial charge in [0.25, 0.3) is 0 Å². The van der Waals surface area contributed by atoms with Crippen molar-refractivity contribution >= 4 is 40.9 Å². The average Bonchev–Trinajstić information content (AvgIpc) is 3.41. The van der Waals surface area contributed by atoms with Crippen LogP contribution in [0.15, 0.2) is 72.3 Å². The van der Waals surface area contributed by atoms with Crippen LogP contribution in [0.4, 0.5) is 10.1 Å². The molecule has 2 aliphatic heterocycles. The summed E-state index contributed by atoms with van der Waals surface area (Å²) >= 11 is 6.06. The molecule has 0 unspecified atom stereocenters. The number of hydrogen-bond acceptors (Lipinski definition) is 7. The van der Waals surface area contributed by atoms with Gasteiger partial charge < -0.3 is 14.9 Å². The maximum Gasteiger partial charge on any atom is 0.241 e. The molecule has 0 bridgehead atoms. The Morgan fingerprint density at radius 3 is 2.38 bits per heavy atom. The Kier molecular flexibility index (Phi) is 7.39. The number of ether oxygens (including phenoxy) is 1. The Morgan fingerprint density at radius 2 is 1.70 bits per heavy atom. The lowest BCUT2D eigenvalue weighted by Gasteiger charge is -2.49. The van der Waals surface area contributed by atoms with Crippen LogP contribution in [0.3, 0.4) is 0 Å². The van der Waals surface area contributed by atoms with Crippen LogP contribution < -0.4 is 9.64 Å². The van der Waals surface area contributed by atoms with Gasteiger partial charge in [0, 0.05) is 24.1 Å². The zero-order valence-corrected chi connectivity index (χ0v) is 26.4. The van der Waals surface area contributed by atoms with Crippen LogP contribution in [-0.2, 0) is 25.6 Å². The molecule has 2 aliphatic carbocycles. The van der Waals surface area contributed by atoms with E-state index in [9.17, 15) is 33.8 Å². The largest absolute Gasteiger partial charge is 0.508 e. The normalized spacial score (nSPS) is 28.3. The molecule has 9 nitrogen and oxygen atoms in total. The first kappa shape index (κ1) is 30.9. The second kappa shape index (κ2) is 11.2. The predicted molar refractivity (Wildman–Crippen MR) is 169 cm³/mol. The average molecular weight is 659 g/mol. The van der Waals surface area contributed by atoms with Crippen LogP contribution >= 0.6 is 11.6 Å². The molecule has 7 rings (SSSR count). The van der Waals surface area contributed by atoms with E-state index in [1.807, 2.05) is 6.08 Å². The van der Waals surface area contributed by atoms with Gasteiger partial charge in [-0.3, -0.25) is 24.1 Å². The highest BCUT2D eigenvalue weighted by atomic mass is 35.5. The number of fused-ring (bicyclic) bond motifs is 4. The van der Waals surface area contributed by atoms with Crippen LogP contribution in [-0.4, -0.2) is 52.4 Å². The number of methoxy groups -OCH3 is 1. The minimum absolute atomic E-state index is 0.120. The molecule has 2 N–H and O–H groups in total. The number of hydrogen-bond donors (Lipinski definition) is 2. The van der Waals surface area contributed by atoms with E-state index < -0.39 is 52.6 Å². The fourth-order valence-electron chi connectivity index (χ4n) is 8.31. The summed E-state index contributed by atoms with van der Waals surface area (Å²) in [4.78, 5) is 58.9. The third kappa shape index (κ3) is 4.64. The van der Waals surface area contributed by atoms with E-state index in [0.29, 0.717) is 17.7 Å². The number of rotatable bonds is 6. The van der Waals surface area contributed by atoms with Gasteiger partial charge in [-0.15, -0.1) is 0 Å². The van der Waals surface area contributed by atoms with E-state index in [4.69, 9.17) is 16.3 Å². The number of phenols is 2. The molecule has 47 heavy (non-hydrogen) atoms. The number of benzene rings is 3. The van der Waals surface area contributed by atoms with E-state index in [-0.39, 0.29) is 53.4 Å². The van der Waals surface area contributed by atoms with Gasteiger partial charge in [0.2, 0.25) is 23.6 Å². The van der Waals surface area contributed by atoms with Gasteiger partial charge in [0.05, 0.1) is 41.0 Å². The number of carbonyl (C=O) groups is 4. The predicted octanol–water partition coefficient (Wildman–Crippen LogP) is 5.37. The Bertz CT molecular complexity index is 1880. The Morgan fingerprint density at radius 1 is 0.957 bits per heavy atom. The van der Waals surface area contributed by atoms with Crippen molar-refractivity contribution in [1.29, 1.82) is 0 Å². The molecule has 2 saturated heterocycles. The monoisotopic (exact) mass is 658 g/mol. The van der Waals surface area contributed by atoms with Crippen molar-refractivity contribution in [3.05, 3.63) is 94.3 Å². The minimum atomic E-state index is -1.39. The number of likely N-dealkylation sites (tertiary alicyclic amines) is 1. The van der Waals surface area contributed by atoms with Gasteiger partial charge >= 0.3 is 0 Å².